The van der Waals surface area contributed by atoms with Crippen molar-refractivity contribution < 1.29 is 13.2 Å². The van der Waals surface area contributed by atoms with E-state index in [0.717, 1.165) is 5.39 Å². The number of rotatable bonds is 2. The van der Waals surface area contributed by atoms with Crippen LogP contribution in [0, 0.1) is 0 Å². The van der Waals surface area contributed by atoms with Gasteiger partial charge in [0.2, 0.25) is 0 Å². The highest BCUT2D eigenvalue weighted by Gasteiger charge is 2.37. The number of benzene rings is 1. The van der Waals surface area contributed by atoms with Gasteiger partial charge in [-0.15, -0.1) is 0 Å². The van der Waals surface area contributed by atoms with E-state index in [-0.39, 0.29) is 6.42 Å². The van der Waals surface area contributed by atoms with Crippen molar-refractivity contribution in [2.24, 2.45) is 12.8 Å². The highest BCUT2D eigenvalue weighted by atomic mass is 19.4. The summed E-state index contributed by atoms with van der Waals surface area (Å²) in [6, 6.07) is 5.22. The summed E-state index contributed by atoms with van der Waals surface area (Å²) in [4.78, 5) is 0. The minimum Gasteiger partial charge on any atom is -0.320 e. The van der Waals surface area contributed by atoms with Gasteiger partial charge in [0.1, 0.15) is 6.04 Å². The van der Waals surface area contributed by atoms with E-state index in [2.05, 4.69) is 5.10 Å². The highest BCUT2D eigenvalue weighted by molar-refractivity contribution is 5.81. The first-order chi connectivity index (χ1) is 7.89. The van der Waals surface area contributed by atoms with Crippen LogP contribution in [0.15, 0.2) is 24.3 Å². The third kappa shape index (κ3) is 2.26. The lowest BCUT2D eigenvalue weighted by Gasteiger charge is -2.15. The van der Waals surface area contributed by atoms with E-state index in [4.69, 9.17) is 5.73 Å². The summed E-state index contributed by atoms with van der Waals surface area (Å²) >= 11 is 0. The normalized spacial score (nSPS) is 14.2. The number of aryl methyl sites for hydroxylation is 1. The first kappa shape index (κ1) is 11.9. The number of aromatic nitrogens is 2. The molecule has 2 aromatic rings. The lowest BCUT2D eigenvalue weighted by molar-refractivity contribution is -0.147. The van der Waals surface area contributed by atoms with Gasteiger partial charge in [0.25, 0.3) is 0 Å². The molecular formula is C11H12F3N3. The van der Waals surface area contributed by atoms with Crippen LogP contribution < -0.4 is 5.73 Å². The van der Waals surface area contributed by atoms with Crippen LogP contribution in [0.5, 0.6) is 0 Å². The molecule has 0 aliphatic heterocycles. The summed E-state index contributed by atoms with van der Waals surface area (Å²) in [7, 11) is 1.62. The Bertz CT molecular complexity index is 530. The first-order valence-corrected chi connectivity index (χ1v) is 5.12. The molecule has 0 spiro atoms. The molecule has 0 aliphatic rings. The van der Waals surface area contributed by atoms with E-state index in [1.165, 1.54) is 4.68 Å². The molecule has 1 aromatic heterocycles. The lowest BCUT2D eigenvalue weighted by atomic mass is 10.1. The van der Waals surface area contributed by atoms with Crippen LogP contribution in [0.2, 0.25) is 0 Å². The van der Waals surface area contributed by atoms with E-state index in [0.29, 0.717) is 11.2 Å². The Labute approximate surface area is 96.0 Å². The zero-order chi connectivity index (χ0) is 12.6. The summed E-state index contributed by atoms with van der Waals surface area (Å²) in [6.07, 6.45) is -4.65. The SMILES string of the molecule is Cn1nc2ccccc2c1CC(N)C(F)(F)F. The highest BCUT2D eigenvalue weighted by Crippen LogP contribution is 2.24. The summed E-state index contributed by atoms with van der Waals surface area (Å²) in [5, 5.41) is 4.86. The van der Waals surface area contributed by atoms with Crippen LogP contribution in [0.25, 0.3) is 10.9 Å². The average molecular weight is 243 g/mol. The van der Waals surface area contributed by atoms with Crippen LogP contribution in [-0.2, 0) is 13.5 Å². The minimum absolute atomic E-state index is 0.263. The number of alkyl halides is 3. The fourth-order valence-electron chi connectivity index (χ4n) is 1.77. The molecule has 2 N–H and O–H groups in total. The van der Waals surface area contributed by atoms with Crippen molar-refractivity contribution >= 4 is 10.9 Å². The summed E-state index contributed by atoms with van der Waals surface area (Å²) < 4.78 is 38.7. The zero-order valence-electron chi connectivity index (χ0n) is 9.20. The Hall–Kier alpha value is -1.56. The van der Waals surface area contributed by atoms with Crippen molar-refractivity contribution in [3.8, 4) is 0 Å². The van der Waals surface area contributed by atoms with Gasteiger partial charge in [-0.05, 0) is 6.07 Å². The molecule has 0 fully saturated rings. The van der Waals surface area contributed by atoms with E-state index in [1.54, 1.807) is 31.3 Å². The second-order valence-corrected chi connectivity index (χ2v) is 3.94. The molecule has 0 radical (unpaired) electrons. The monoisotopic (exact) mass is 243 g/mol. The van der Waals surface area contributed by atoms with Crippen molar-refractivity contribution in [2.45, 2.75) is 18.6 Å². The Kier molecular flexibility index (Phi) is 2.82. The third-order valence-electron chi connectivity index (χ3n) is 2.70. The van der Waals surface area contributed by atoms with Crippen LogP contribution in [0.3, 0.4) is 0 Å². The average Bonchev–Trinajstić information content (AvgIpc) is 2.54. The summed E-state index contributed by atoms with van der Waals surface area (Å²) in [5.74, 6) is 0. The van der Waals surface area contributed by atoms with Crippen LogP contribution in [0.4, 0.5) is 13.2 Å². The Morgan fingerprint density at radius 2 is 2.00 bits per heavy atom. The summed E-state index contributed by atoms with van der Waals surface area (Å²) in [6.45, 7) is 0. The molecule has 17 heavy (non-hydrogen) atoms. The van der Waals surface area contributed by atoms with Crippen molar-refractivity contribution in [2.75, 3.05) is 0 Å². The van der Waals surface area contributed by atoms with Gasteiger partial charge in [0.15, 0.2) is 0 Å². The van der Waals surface area contributed by atoms with Gasteiger partial charge < -0.3 is 5.73 Å². The van der Waals surface area contributed by atoms with Crippen LogP contribution in [-0.4, -0.2) is 22.0 Å². The molecule has 6 heteroatoms. The molecule has 1 atom stereocenters. The largest absolute Gasteiger partial charge is 0.404 e. The number of fused-ring (bicyclic) bond motifs is 1. The molecule has 0 amide bonds. The zero-order valence-corrected chi connectivity index (χ0v) is 9.20. The molecule has 3 nitrogen and oxygen atoms in total. The van der Waals surface area contributed by atoms with E-state index < -0.39 is 12.2 Å². The van der Waals surface area contributed by atoms with Gasteiger partial charge in [-0.1, -0.05) is 18.2 Å². The summed E-state index contributed by atoms with van der Waals surface area (Å²) in [5.41, 5.74) is 6.32. The molecule has 0 saturated heterocycles. The maximum absolute atomic E-state index is 12.4. The van der Waals surface area contributed by atoms with Gasteiger partial charge in [-0.25, -0.2) is 0 Å². The molecule has 1 aromatic carbocycles. The van der Waals surface area contributed by atoms with Crippen molar-refractivity contribution in [3.63, 3.8) is 0 Å². The maximum atomic E-state index is 12.4. The van der Waals surface area contributed by atoms with Gasteiger partial charge in [-0.2, -0.15) is 18.3 Å². The number of hydrogen-bond donors (Lipinski definition) is 1. The maximum Gasteiger partial charge on any atom is 0.404 e. The Morgan fingerprint density at radius 1 is 1.35 bits per heavy atom. The van der Waals surface area contributed by atoms with Crippen molar-refractivity contribution in [1.82, 2.24) is 9.78 Å². The Balaban J connectivity index is 2.39. The van der Waals surface area contributed by atoms with E-state index in [9.17, 15) is 13.2 Å². The number of nitrogens with zero attached hydrogens (tertiary/aromatic N) is 2. The standard InChI is InChI=1S/C11H12F3N3/c1-17-9(6-10(15)11(12,13)14)7-4-2-3-5-8(7)16-17/h2-5,10H,6,15H2,1H3. The second-order valence-electron chi connectivity index (χ2n) is 3.94. The van der Waals surface area contributed by atoms with Gasteiger partial charge >= 0.3 is 6.18 Å². The molecule has 0 saturated carbocycles. The molecule has 1 heterocycles. The van der Waals surface area contributed by atoms with Gasteiger partial charge in [-0.3, -0.25) is 4.68 Å². The fourth-order valence-corrected chi connectivity index (χ4v) is 1.77. The molecular weight excluding hydrogens is 231 g/mol. The lowest BCUT2D eigenvalue weighted by Crippen LogP contribution is -2.39. The molecule has 92 valence electrons. The third-order valence-corrected chi connectivity index (χ3v) is 2.70. The predicted molar refractivity (Wildman–Crippen MR) is 58.4 cm³/mol. The minimum atomic E-state index is -4.38. The van der Waals surface area contributed by atoms with Gasteiger partial charge in [0.05, 0.1) is 5.52 Å². The Morgan fingerprint density at radius 3 is 2.65 bits per heavy atom. The number of hydrogen-bond acceptors (Lipinski definition) is 2. The van der Waals surface area contributed by atoms with E-state index >= 15 is 0 Å². The molecule has 2 rings (SSSR count). The van der Waals surface area contributed by atoms with Crippen LogP contribution >= 0.6 is 0 Å². The van der Waals surface area contributed by atoms with Crippen LogP contribution in [0.1, 0.15) is 5.69 Å². The van der Waals surface area contributed by atoms with Crippen molar-refractivity contribution in [3.05, 3.63) is 30.0 Å². The van der Waals surface area contributed by atoms with Crippen molar-refractivity contribution in [1.29, 1.82) is 0 Å². The fraction of sp³-hybridized carbons (Fsp3) is 0.364. The molecule has 1 unspecified atom stereocenters. The topological polar surface area (TPSA) is 43.8 Å². The molecule has 0 aliphatic carbocycles. The smallest absolute Gasteiger partial charge is 0.320 e. The van der Waals surface area contributed by atoms with E-state index in [1.807, 2.05) is 0 Å². The van der Waals surface area contributed by atoms with Gasteiger partial charge in [0, 0.05) is 24.5 Å². The molecule has 0 bridgehead atoms. The number of nitrogens with two attached hydrogens (primary N) is 1. The first-order valence-electron chi connectivity index (χ1n) is 5.12. The predicted octanol–water partition coefficient (Wildman–Crippen LogP) is 2.01. The second kappa shape index (κ2) is 4.03. The quantitative estimate of drug-likeness (QED) is 0.876. The number of halogens is 3.